The van der Waals surface area contributed by atoms with Gasteiger partial charge < -0.3 is 9.47 Å². The fourth-order valence-electron chi connectivity index (χ4n) is 1.78. The Balaban J connectivity index is 1.58. The monoisotopic (exact) mass is 301 g/mol. The summed E-state index contributed by atoms with van der Waals surface area (Å²) in [6.45, 7) is 1.16. The first-order chi connectivity index (χ1) is 10.8. The zero-order valence-electron chi connectivity index (χ0n) is 12.5. The van der Waals surface area contributed by atoms with Gasteiger partial charge in [-0.2, -0.15) is 0 Å². The van der Waals surface area contributed by atoms with Crippen LogP contribution in [-0.2, 0) is 16.2 Å². The van der Waals surface area contributed by atoms with Crippen LogP contribution >= 0.6 is 0 Å². The van der Waals surface area contributed by atoms with Crippen LogP contribution in [0, 0.1) is 0 Å². The lowest BCUT2D eigenvalue weighted by molar-refractivity contribution is -0.00412. The Kier molecular flexibility index (Phi) is 6.41. The first-order valence-corrected chi connectivity index (χ1v) is 6.97. The number of hydrogen-bond donors (Lipinski definition) is 1. The Hall–Kier alpha value is -2.37. The molecule has 0 atom stereocenters. The van der Waals surface area contributed by atoms with Gasteiger partial charge in [-0.3, -0.25) is 9.63 Å². The summed E-state index contributed by atoms with van der Waals surface area (Å²) in [6, 6.07) is 16.5. The molecule has 5 heteroatoms. The largest absolute Gasteiger partial charge is 0.497 e. The average Bonchev–Trinajstić information content (AvgIpc) is 2.59. The zero-order valence-corrected chi connectivity index (χ0v) is 12.5. The summed E-state index contributed by atoms with van der Waals surface area (Å²) in [6.07, 6.45) is 0. The molecular formula is C17H19NO4. The summed E-state index contributed by atoms with van der Waals surface area (Å²) < 4.78 is 10.5. The minimum atomic E-state index is -0.268. The molecule has 0 aromatic heterocycles. The number of carbonyl (C=O) groups is 1. The molecule has 0 bridgehead atoms. The molecule has 0 spiro atoms. The third-order valence-corrected chi connectivity index (χ3v) is 2.96. The van der Waals surface area contributed by atoms with E-state index in [4.69, 9.17) is 14.3 Å². The van der Waals surface area contributed by atoms with Crippen LogP contribution in [0.4, 0.5) is 0 Å². The Bertz CT molecular complexity index is 569. The van der Waals surface area contributed by atoms with Crippen LogP contribution in [0.15, 0.2) is 54.6 Å². The summed E-state index contributed by atoms with van der Waals surface area (Å²) >= 11 is 0. The van der Waals surface area contributed by atoms with Crippen molar-refractivity contribution in [2.75, 3.05) is 20.3 Å². The standard InChI is InChI=1S/C17H19NO4/c1-20-16-9-7-14(8-10-16)13-21-11-12-22-18-17(19)15-5-3-2-4-6-15/h2-10H,11-13H2,1H3,(H,18,19). The maximum absolute atomic E-state index is 11.7. The second kappa shape index (κ2) is 8.81. The second-order valence-corrected chi connectivity index (χ2v) is 4.55. The number of hydrogen-bond acceptors (Lipinski definition) is 4. The number of methoxy groups -OCH3 is 1. The second-order valence-electron chi connectivity index (χ2n) is 4.55. The van der Waals surface area contributed by atoms with E-state index in [2.05, 4.69) is 5.48 Å². The predicted molar refractivity (Wildman–Crippen MR) is 82.5 cm³/mol. The minimum Gasteiger partial charge on any atom is -0.497 e. The lowest BCUT2D eigenvalue weighted by Gasteiger charge is -2.07. The normalized spacial score (nSPS) is 10.2. The average molecular weight is 301 g/mol. The van der Waals surface area contributed by atoms with Crippen LogP contribution in [0.3, 0.4) is 0 Å². The minimum absolute atomic E-state index is 0.268. The summed E-state index contributed by atoms with van der Waals surface area (Å²) in [5.41, 5.74) is 3.98. The van der Waals surface area contributed by atoms with Gasteiger partial charge in [0.15, 0.2) is 0 Å². The van der Waals surface area contributed by atoms with Gasteiger partial charge >= 0.3 is 0 Å². The Labute approximate surface area is 129 Å². The molecule has 2 aromatic rings. The van der Waals surface area contributed by atoms with Gasteiger partial charge in [0.1, 0.15) is 5.75 Å². The molecule has 0 fully saturated rings. The highest BCUT2D eigenvalue weighted by molar-refractivity contribution is 5.93. The van der Waals surface area contributed by atoms with Gasteiger partial charge in [0.2, 0.25) is 0 Å². The summed E-state index contributed by atoms with van der Waals surface area (Å²) in [5.74, 6) is 0.548. The van der Waals surface area contributed by atoms with Crippen LogP contribution in [-0.4, -0.2) is 26.2 Å². The van der Waals surface area contributed by atoms with Gasteiger partial charge in [0, 0.05) is 5.56 Å². The molecule has 0 saturated heterocycles. The molecule has 0 aliphatic heterocycles. The predicted octanol–water partition coefficient (Wildman–Crippen LogP) is 2.57. The smallest absolute Gasteiger partial charge is 0.274 e. The van der Waals surface area contributed by atoms with Crippen molar-refractivity contribution in [2.45, 2.75) is 6.61 Å². The Morgan fingerprint density at radius 1 is 1.00 bits per heavy atom. The van der Waals surface area contributed by atoms with E-state index in [9.17, 15) is 4.79 Å². The first kappa shape index (κ1) is 16.0. The molecule has 2 rings (SSSR count). The third kappa shape index (κ3) is 5.20. The number of ether oxygens (including phenoxy) is 2. The van der Waals surface area contributed by atoms with E-state index < -0.39 is 0 Å². The van der Waals surface area contributed by atoms with Crippen LogP contribution in [0.2, 0.25) is 0 Å². The lowest BCUT2D eigenvalue weighted by atomic mass is 10.2. The highest BCUT2D eigenvalue weighted by atomic mass is 16.7. The van der Waals surface area contributed by atoms with Gasteiger partial charge in [-0.25, -0.2) is 5.48 Å². The van der Waals surface area contributed by atoms with Gasteiger partial charge in [-0.15, -0.1) is 0 Å². The molecule has 0 aliphatic rings. The molecule has 0 radical (unpaired) electrons. The Morgan fingerprint density at radius 2 is 1.73 bits per heavy atom. The number of nitrogens with one attached hydrogen (secondary N) is 1. The molecule has 116 valence electrons. The van der Waals surface area contributed by atoms with E-state index in [0.29, 0.717) is 18.8 Å². The van der Waals surface area contributed by atoms with Crippen molar-refractivity contribution in [3.63, 3.8) is 0 Å². The van der Waals surface area contributed by atoms with Gasteiger partial charge in [-0.05, 0) is 29.8 Å². The lowest BCUT2D eigenvalue weighted by Crippen LogP contribution is -2.25. The quantitative estimate of drug-likeness (QED) is 0.601. The maximum Gasteiger partial charge on any atom is 0.274 e. The van der Waals surface area contributed by atoms with Gasteiger partial charge in [0.25, 0.3) is 5.91 Å². The zero-order chi connectivity index (χ0) is 15.6. The van der Waals surface area contributed by atoms with Crippen LogP contribution in [0.5, 0.6) is 5.75 Å². The maximum atomic E-state index is 11.7. The number of carbonyl (C=O) groups excluding carboxylic acids is 1. The fraction of sp³-hybridized carbons (Fsp3) is 0.235. The number of benzene rings is 2. The summed E-state index contributed by atoms with van der Waals surface area (Å²) in [5, 5.41) is 0. The van der Waals surface area contributed by atoms with Crippen molar-refractivity contribution >= 4 is 5.91 Å². The van der Waals surface area contributed by atoms with Crippen molar-refractivity contribution in [1.82, 2.24) is 5.48 Å². The topological polar surface area (TPSA) is 56.8 Å². The SMILES string of the molecule is COc1ccc(COCCONC(=O)c2ccccc2)cc1. The number of hydroxylamine groups is 1. The molecule has 1 amide bonds. The van der Waals surface area contributed by atoms with Crippen molar-refractivity contribution in [1.29, 1.82) is 0 Å². The number of amides is 1. The molecule has 5 nitrogen and oxygen atoms in total. The fourth-order valence-corrected chi connectivity index (χ4v) is 1.78. The van der Waals surface area contributed by atoms with Gasteiger partial charge in [0.05, 0.1) is 26.9 Å². The first-order valence-electron chi connectivity index (χ1n) is 6.97. The van der Waals surface area contributed by atoms with Crippen LogP contribution in [0.25, 0.3) is 0 Å². The van der Waals surface area contributed by atoms with Crippen LogP contribution in [0.1, 0.15) is 15.9 Å². The highest BCUT2D eigenvalue weighted by Crippen LogP contribution is 2.11. The van der Waals surface area contributed by atoms with E-state index in [1.54, 1.807) is 31.4 Å². The van der Waals surface area contributed by atoms with E-state index in [1.165, 1.54) is 0 Å². The van der Waals surface area contributed by atoms with Crippen molar-refractivity contribution in [3.8, 4) is 5.75 Å². The molecule has 0 saturated carbocycles. The molecule has 0 unspecified atom stereocenters. The van der Waals surface area contributed by atoms with Crippen LogP contribution < -0.4 is 10.2 Å². The van der Waals surface area contributed by atoms with Crippen molar-refractivity contribution in [2.24, 2.45) is 0 Å². The van der Waals surface area contributed by atoms with E-state index >= 15 is 0 Å². The van der Waals surface area contributed by atoms with E-state index in [1.807, 2.05) is 30.3 Å². The van der Waals surface area contributed by atoms with E-state index in [-0.39, 0.29) is 12.5 Å². The summed E-state index contributed by atoms with van der Waals surface area (Å²) in [4.78, 5) is 16.8. The number of rotatable bonds is 8. The highest BCUT2D eigenvalue weighted by Gasteiger charge is 2.03. The van der Waals surface area contributed by atoms with Crippen molar-refractivity contribution in [3.05, 3.63) is 65.7 Å². The molecule has 0 aliphatic carbocycles. The van der Waals surface area contributed by atoms with Crippen molar-refractivity contribution < 1.29 is 19.1 Å². The molecule has 2 aromatic carbocycles. The third-order valence-electron chi connectivity index (χ3n) is 2.96. The molecular weight excluding hydrogens is 282 g/mol. The van der Waals surface area contributed by atoms with Gasteiger partial charge in [-0.1, -0.05) is 30.3 Å². The molecule has 1 N–H and O–H groups in total. The summed E-state index contributed by atoms with van der Waals surface area (Å²) in [7, 11) is 1.63. The van der Waals surface area contributed by atoms with E-state index in [0.717, 1.165) is 11.3 Å². The molecule has 22 heavy (non-hydrogen) atoms. The Morgan fingerprint density at radius 3 is 2.41 bits per heavy atom. The molecule has 0 heterocycles.